The summed E-state index contributed by atoms with van der Waals surface area (Å²) in [7, 11) is -4.79. The number of fused-ring (bicyclic) bond motifs is 1. The van der Waals surface area contributed by atoms with E-state index in [2.05, 4.69) is 9.51 Å². The zero-order chi connectivity index (χ0) is 17.6. The summed E-state index contributed by atoms with van der Waals surface area (Å²) in [6, 6.07) is 1.49. The maximum atomic E-state index is 12.1. The molecule has 0 bridgehead atoms. The van der Waals surface area contributed by atoms with Gasteiger partial charge >= 0.3 is 13.5 Å². The Bertz CT molecular complexity index is 914. The van der Waals surface area contributed by atoms with Crippen LogP contribution in [-0.2, 0) is 13.8 Å². The van der Waals surface area contributed by atoms with Crippen LogP contribution in [0.5, 0.6) is 0 Å². The van der Waals surface area contributed by atoms with Crippen molar-refractivity contribution in [3.05, 3.63) is 32.3 Å². The fourth-order valence-corrected chi connectivity index (χ4v) is 3.72. The molecule has 1 fully saturated rings. The van der Waals surface area contributed by atoms with E-state index in [-0.39, 0.29) is 10.2 Å². The highest BCUT2D eigenvalue weighted by Crippen LogP contribution is 2.38. The Morgan fingerprint density at radius 1 is 1.33 bits per heavy atom. The number of aliphatic hydroxyl groups excluding tert-OH is 2. The van der Waals surface area contributed by atoms with E-state index >= 15 is 0 Å². The molecule has 132 valence electrons. The van der Waals surface area contributed by atoms with E-state index in [0.29, 0.717) is 0 Å². The number of thiophene rings is 1. The molecule has 2 aromatic rings. The molecule has 0 aliphatic carbocycles. The lowest BCUT2D eigenvalue weighted by Gasteiger charge is -2.18. The Kier molecular flexibility index (Phi) is 4.49. The van der Waals surface area contributed by atoms with Crippen LogP contribution in [0, 0.1) is 0 Å². The van der Waals surface area contributed by atoms with Crippen LogP contribution < -0.4 is 11.2 Å². The van der Waals surface area contributed by atoms with E-state index in [1.165, 1.54) is 6.07 Å². The normalized spacial score (nSPS) is 27.8. The zero-order valence-corrected chi connectivity index (χ0v) is 13.5. The average Bonchev–Trinajstić information content (AvgIpc) is 3.05. The Balaban J connectivity index is 1.96. The number of phosphoric acid groups is 1. The van der Waals surface area contributed by atoms with Crippen LogP contribution in [-0.4, -0.2) is 54.5 Å². The van der Waals surface area contributed by atoms with Gasteiger partial charge in [0, 0.05) is 0 Å². The molecule has 24 heavy (non-hydrogen) atoms. The van der Waals surface area contributed by atoms with E-state index in [1.54, 1.807) is 5.38 Å². The number of ether oxygens (including phenoxy) is 1. The lowest BCUT2D eigenvalue weighted by molar-refractivity contribution is -0.0518. The molecule has 0 spiro atoms. The number of nitrogens with zero attached hydrogens (tertiary/aromatic N) is 1. The van der Waals surface area contributed by atoms with E-state index in [9.17, 15) is 24.4 Å². The number of hydrogen-bond donors (Lipinski definition) is 5. The molecule has 1 aliphatic rings. The van der Waals surface area contributed by atoms with Gasteiger partial charge in [0.05, 0.1) is 12.0 Å². The van der Waals surface area contributed by atoms with Crippen LogP contribution >= 0.6 is 19.2 Å². The molecule has 0 radical (unpaired) electrons. The molecule has 3 rings (SSSR count). The summed E-state index contributed by atoms with van der Waals surface area (Å²) in [6.45, 7) is -0.690. The van der Waals surface area contributed by atoms with Gasteiger partial charge in [0.1, 0.15) is 23.1 Å². The summed E-state index contributed by atoms with van der Waals surface area (Å²) < 4.78 is 21.3. The number of H-pyrrole nitrogens is 1. The summed E-state index contributed by atoms with van der Waals surface area (Å²) >= 11 is 1.07. The van der Waals surface area contributed by atoms with E-state index in [0.717, 1.165) is 15.9 Å². The van der Waals surface area contributed by atoms with Gasteiger partial charge in [-0.1, -0.05) is 0 Å². The first-order valence-electron chi connectivity index (χ1n) is 6.63. The minimum atomic E-state index is -4.79. The maximum Gasteiger partial charge on any atom is 0.469 e. The highest BCUT2D eigenvalue weighted by molar-refractivity contribution is 7.46. The predicted octanol–water partition coefficient (Wildman–Crippen LogP) is -1.52. The van der Waals surface area contributed by atoms with Gasteiger partial charge in [-0.15, -0.1) is 11.3 Å². The molecule has 3 heterocycles. The van der Waals surface area contributed by atoms with Crippen molar-refractivity contribution in [1.29, 1.82) is 0 Å². The van der Waals surface area contributed by atoms with Crippen LogP contribution in [0.2, 0.25) is 0 Å². The van der Waals surface area contributed by atoms with Crippen molar-refractivity contribution in [1.82, 2.24) is 9.55 Å². The van der Waals surface area contributed by atoms with Crippen molar-refractivity contribution >= 4 is 29.4 Å². The Labute approximate surface area is 136 Å². The number of nitrogens with one attached hydrogen (secondary N) is 1. The van der Waals surface area contributed by atoms with Crippen LogP contribution in [0.4, 0.5) is 0 Å². The molecule has 11 nitrogen and oxygen atoms in total. The number of aromatic nitrogens is 2. The first-order chi connectivity index (χ1) is 11.2. The van der Waals surface area contributed by atoms with Crippen molar-refractivity contribution in [3.63, 3.8) is 0 Å². The second-order valence-electron chi connectivity index (χ2n) is 5.10. The fourth-order valence-electron chi connectivity index (χ4n) is 2.46. The smallest absolute Gasteiger partial charge is 0.387 e. The molecular formula is C11H13N2O9PS. The van der Waals surface area contributed by atoms with Crippen molar-refractivity contribution in [2.45, 2.75) is 24.5 Å². The molecule has 5 N–H and O–H groups in total. The Hall–Kier alpha value is -1.37. The first kappa shape index (κ1) is 17.5. The van der Waals surface area contributed by atoms with Gasteiger partial charge in [-0.2, -0.15) is 0 Å². The van der Waals surface area contributed by atoms with Gasteiger partial charge < -0.3 is 24.7 Å². The lowest BCUT2D eigenvalue weighted by Crippen LogP contribution is -2.38. The third-order valence-corrected chi connectivity index (χ3v) is 4.94. The number of aromatic amines is 1. The molecule has 1 aliphatic heterocycles. The van der Waals surface area contributed by atoms with E-state index in [4.69, 9.17) is 14.5 Å². The van der Waals surface area contributed by atoms with E-state index in [1.807, 2.05) is 0 Å². The van der Waals surface area contributed by atoms with Gasteiger partial charge in [0.25, 0.3) is 5.56 Å². The number of rotatable bonds is 4. The summed E-state index contributed by atoms with van der Waals surface area (Å²) in [6.07, 6.45) is -5.73. The van der Waals surface area contributed by atoms with Gasteiger partial charge in [0.2, 0.25) is 0 Å². The molecular weight excluding hydrogens is 367 g/mol. The monoisotopic (exact) mass is 380 g/mol. The Morgan fingerprint density at radius 2 is 2.04 bits per heavy atom. The quantitative estimate of drug-likeness (QED) is 0.395. The van der Waals surface area contributed by atoms with Crippen molar-refractivity contribution in [3.8, 4) is 0 Å². The number of hydrogen-bond acceptors (Lipinski definition) is 8. The summed E-state index contributed by atoms with van der Waals surface area (Å²) in [5.41, 5.74) is -1.44. The second kappa shape index (κ2) is 6.17. The molecule has 0 saturated carbocycles. The van der Waals surface area contributed by atoms with Crippen LogP contribution in [0.15, 0.2) is 21.0 Å². The van der Waals surface area contributed by atoms with Crippen LogP contribution in [0.25, 0.3) is 10.2 Å². The highest BCUT2D eigenvalue weighted by Gasteiger charge is 2.45. The van der Waals surface area contributed by atoms with Crippen LogP contribution in [0.3, 0.4) is 0 Å². The van der Waals surface area contributed by atoms with Gasteiger partial charge in [-0.3, -0.25) is 18.9 Å². The largest absolute Gasteiger partial charge is 0.469 e. The third kappa shape index (κ3) is 3.10. The SMILES string of the molecule is O=c1[nH]c(=O)n([C@@H]2O[C@H](COP(=O)(O)O)[C@@H](O)[C@H]2O)c2sccc12. The minimum absolute atomic E-state index is 0.208. The number of aliphatic hydroxyl groups is 2. The van der Waals surface area contributed by atoms with Crippen LogP contribution in [0.1, 0.15) is 6.23 Å². The topological polar surface area (TPSA) is 171 Å². The molecule has 13 heteroatoms. The molecule has 1 saturated heterocycles. The van der Waals surface area contributed by atoms with E-state index < -0.39 is 50.2 Å². The maximum absolute atomic E-state index is 12.1. The third-order valence-electron chi connectivity index (χ3n) is 3.55. The van der Waals surface area contributed by atoms with Crippen molar-refractivity contribution in [2.24, 2.45) is 0 Å². The highest BCUT2D eigenvalue weighted by atomic mass is 32.1. The van der Waals surface area contributed by atoms with Gasteiger partial charge in [-0.05, 0) is 11.4 Å². The van der Waals surface area contributed by atoms with Crippen molar-refractivity contribution in [2.75, 3.05) is 6.61 Å². The zero-order valence-electron chi connectivity index (χ0n) is 11.8. The first-order valence-corrected chi connectivity index (χ1v) is 9.04. The molecule has 0 amide bonds. The molecule has 0 unspecified atom stereocenters. The number of phosphoric ester groups is 1. The predicted molar refractivity (Wildman–Crippen MR) is 80.6 cm³/mol. The standard InChI is InChI=1S/C11H13N2O9PS/c14-6-5(3-21-23(18,19)20)22-9(7(6)15)13-10-4(1-2-24-10)8(16)12-11(13)17/h1-2,5-7,9,14-15H,3H2,(H,12,16,17)(H2,18,19,20)/t5-,6-,7-,9-/m1/s1. The Morgan fingerprint density at radius 3 is 2.71 bits per heavy atom. The summed E-state index contributed by atoms with van der Waals surface area (Å²) in [5.74, 6) is 0. The molecule has 4 atom stereocenters. The second-order valence-corrected chi connectivity index (χ2v) is 7.24. The van der Waals surface area contributed by atoms with Crippen molar-refractivity contribution < 1.29 is 33.8 Å². The molecule has 2 aromatic heterocycles. The molecule has 0 aromatic carbocycles. The summed E-state index contributed by atoms with van der Waals surface area (Å²) in [5, 5.41) is 21.9. The lowest BCUT2D eigenvalue weighted by atomic mass is 10.1. The minimum Gasteiger partial charge on any atom is -0.387 e. The summed E-state index contributed by atoms with van der Waals surface area (Å²) in [4.78, 5) is 43.5. The fraction of sp³-hybridized carbons (Fsp3) is 0.455. The van der Waals surface area contributed by atoms with Gasteiger partial charge in [0.15, 0.2) is 6.23 Å². The van der Waals surface area contributed by atoms with Gasteiger partial charge in [-0.25, -0.2) is 9.36 Å². The average molecular weight is 380 g/mol.